The number of carbonyl (C=O) groups excluding carboxylic acids is 3. The van der Waals surface area contributed by atoms with Crippen LogP contribution in [0.15, 0.2) is 72.8 Å². The summed E-state index contributed by atoms with van der Waals surface area (Å²) in [6.07, 6.45) is 0. The molecule has 6 nitrogen and oxygen atoms in total. The zero-order chi connectivity index (χ0) is 22.2. The minimum absolute atomic E-state index is 0.198. The summed E-state index contributed by atoms with van der Waals surface area (Å²) >= 11 is 1.45. The Kier molecular flexibility index (Phi) is 5.03. The van der Waals surface area contributed by atoms with Gasteiger partial charge in [0.2, 0.25) is 0 Å². The first-order valence-corrected chi connectivity index (χ1v) is 11.1. The lowest BCUT2D eigenvalue weighted by atomic mass is 10.0. The number of imide groups is 1. The molecule has 1 aromatic heterocycles. The first-order valence-electron chi connectivity index (χ1n) is 10.3. The zero-order valence-corrected chi connectivity index (χ0v) is 18.1. The maximum absolute atomic E-state index is 13.3. The first-order chi connectivity index (χ1) is 15.6. The molecule has 0 aliphatic carbocycles. The first kappa shape index (κ1) is 20.1. The summed E-state index contributed by atoms with van der Waals surface area (Å²) in [5, 5.41) is 0.604. The molecule has 0 unspecified atom stereocenters. The summed E-state index contributed by atoms with van der Waals surface area (Å²) in [4.78, 5) is 46.5. The topological polar surface area (TPSA) is 70.6 Å². The van der Waals surface area contributed by atoms with Crippen LogP contribution in [0.5, 0.6) is 0 Å². The Morgan fingerprint density at radius 1 is 0.938 bits per heavy atom. The van der Waals surface area contributed by atoms with E-state index >= 15 is 0 Å². The Labute approximate surface area is 188 Å². The number of amides is 3. The number of nitrogens with zero attached hydrogens (tertiary/aromatic N) is 3. The molecule has 32 heavy (non-hydrogen) atoms. The number of thiazole rings is 1. The molecule has 1 aliphatic heterocycles. The number of anilines is 1. The molecule has 0 saturated carbocycles. The number of fused-ring (bicyclic) bond motifs is 2. The van der Waals surface area contributed by atoms with E-state index in [9.17, 15) is 14.4 Å². The SMILES string of the molecule is CCN(C(=O)c1ccc2c(c1)C(=O)N(Cc1ccccc1)C2=O)c1nc2ccccc2s1. The van der Waals surface area contributed by atoms with Crippen molar-refractivity contribution < 1.29 is 14.4 Å². The van der Waals surface area contributed by atoms with Gasteiger partial charge in [-0.2, -0.15) is 0 Å². The van der Waals surface area contributed by atoms with E-state index in [1.165, 1.54) is 22.3 Å². The minimum atomic E-state index is -0.383. The van der Waals surface area contributed by atoms with Crippen LogP contribution in [0.1, 0.15) is 43.6 Å². The summed E-state index contributed by atoms with van der Waals surface area (Å²) in [6, 6.07) is 21.8. The summed E-state index contributed by atoms with van der Waals surface area (Å²) in [7, 11) is 0. The number of carbonyl (C=O) groups is 3. The third kappa shape index (κ3) is 3.36. The zero-order valence-electron chi connectivity index (χ0n) is 17.3. The van der Waals surface area contributed by atoms with Crippen molar-refractivity contribution in [3.8, 4) is 0 Å². The molecule has 0 N–H and O–H groups in total. The van der Waals surface area contributed by atoms with Gasteiger partial charge in [0.05, 0.1) is 27.9 Å². The largest absolute Gasteiger partial charge is 0.284 e. The van der Waals surface area contributed by atoms with Crippen molar-refractivity contribution in [1.82, 2.24) is 9.88 Å². The second-order valence-corrected chi connectivity index (χ2v) is 8.47. The summed E-state index contributed by atoms with van der Waals surface area (Å²) in [6.45, 7) is 2.51. The standard InChI is InChI=1S/C25H19N3O3S/c1-2-27(25-26-20-10-6-7-11-21(20)32-25)22(29)17-12-13-18-19(14-17)24(31)28(23(18)30)15-16-8-4-3-5-9-16/h3-14H,2,15H2,1H3. The van der Waals surface area contributed by atoms with E-state index in [-0.39, 0.29) is 29.8 Å². The van der Waals surface area contributed by atoms with Gasteiger partial charge in [-0.1, -0.05) is 53.8 Å². The number of aromatic nitrogens is 1. The van der Waals surface area contributed by atoms with Gasteiger partial charge >= 0.3 is 0 Å². The Balaban J connectivity index is 1.44. The molecule has 3 amide bonds. The Morgan fingerprint density at radius 3 is 2.41 bits per heavy atom. The van der Waals surface area contributed by atoms with Gasteiger partial charge in [-0.25, -0.2) is 4.98 Å². The van der Waals surface area contributed by atoms with Crippen molar-refractivity contribution >= 4 is 44.4 Å². The third-order valence-electron chi connectivity index (χ3n) is 5.48. The molecule has 4 aromatic rings. The predicted molar refractivity (Wildman–Crippen MR) is 124 cm³/mol. The second-order valence-electron chi connectivity index (χ2n) is 7.46. The fourth-order valence-electron chi connectivity index (χ4n) is 3.83. The molecule has 158 valence electrons. The fraction of sp³-hybridized carbons (Fsp3) is 0.120. The second kappa shape index (κ2) is 8.01. The van der Waals surface area contributed by atoms with Gasteiger partial charge in [0, 0.05) is 12.1 Å². The molecule has 2 heterocycles. The van der Waals surface area contributed by atoms with Crippen molar-refractivity contribution in [3.63, 3.8) is 0 Å². The minimum Gasteiger partial charge on any atom is -0.284 e. The quantitative estimate of drug-likeness (QED) is 0.419. The molecule has 7 heteroatoms. The van der Waals surface area contributed by atoms with E-state index in [1.54, 1.807) is 17.0 Å². The highest BCUT2D eigenvalue weighted by Gasteiger charge is 2.36. The number of hydrogen-bond acceptors (Lipinski definition) is 5. The summed E-state index contributed by atoms with van der Waals surface area (Å²) in [5.41, 5.74) is 2.64. The van der Waals surface area contributed by atoms with E-state index in [1.807, 2.05) is 61.5 Å². The van der Waals surface area contributed by atoms with Gasteiger partial charge in [-0.15, -0.1) is 0 Å². The van der Waals surface area contributed by atoms with E-state index < -0.39 is 0 Å². The van der Waals surface area contributed by atoms with E-state index in [2.05, 4.69) is 4.98 Å². The van der Waals surface area contributed by atoms with Crippen LogP contribution in [0.25, 0.3) is 10.2 Å². The van der Waals surface area contributed by atoms with Crippen LogP contribution in [0.4, 0.5) is 5.13 Å². The smallest absolute Gasteiger partial charge is 0.261 e. The van der Waals surface area contributed by atoms with Crippen LogP contribution in [0.3, 0.4) is 0 Å². The predicted octanol–water partition coefficient (Wildman–Crippen LogP) is 4.76. The summed E-state index contributed by atoms with van der Waals surface area (Å²) < 4.78 is 1.00. The number of hydrogen-bond donors (Lipinski definition) is 0. The van der Waals surface area contributed by atoms with Crippen LogP contribution >= 0.6 is 11.3 Å². The number of rotatable bonds is 5. The number of benzene rings is 3. The van der Waals surface area contributed by atoms with Crippen LogP contribution < -0.4 is 4.90 Å². The molecule has 3 aromatic carbocycles. The maximum atomic E-state index is 13.3. The lowest BCUT2D eigenvalue weighted by Gasteiger charge is -2.17. The van der Waals surface area contributed by atoms with Gasteiger partial charge < -0.3 is 0 Å². The highest BCUT2D eigenvalue weighted by Crippen LogP contribution is 2.31. The van der Waals surface area contributed by atoms with Gasteiger partial charge in [0.1, 0.15) is 0 Å². The Bertz CT molecular complexity index is 1330. The van der Waals surface area contributed by atoms with Gasteiger partial charge in [-0.3, -0.25) is 24.2 Å². The normalized spacial score (nSPS) is 13.0. The Morgan fingerprint density at radius 2 is 1.66 bits per heavy atom. The third-order valence-corrected chi connectivity index (χ3v) is 6.54. The van der Waals surface area contributed by atoms with Crippen LogP contribution in [-0.4, -0.2) is 34.2 Å². The molecule has 0 spiro atoms. The van der Waals surface area contributed by atoms with Crippen molar-refractivity contribution in [1.29, 1.82) is 0 Å². The molecule has 0 atom stereocenters. The van der Waals surface area contributed by atoms with Crippen LogP contribution in [0, 0.1) is 0 Å². The lowest BCUT2D eigenvalue weighted by molar-refractivity contribution is 0.0642. The Hall–Kier alpha value is -3.84. The highest BCUT2D eigenvalue weighted by molar-refractivity contribution is 7.22. The van der Waals surface area contributed by atoms with Gasteiger partial charge in [-0.05, 0) is 42.8 Å². The maximum Gasteiger partial charge on any atom is 0.261 e. The monoisotopic (exact) mass is 441 g/mol. The lowest BCUT2D eigenvalue weighted by Crippen LogP contribution is -2.30. The molecule has 0 saturated heterocycles. The van der Waals surface area contributed by atoms with Crippen molar-refractivity contribution in [2.75, 3.05) is 11.4 Å². The average Bonchev–Trinajstić information content (AvgIpc) is 3.35. The molecular weight excluding hydrogens is 422 g/mol. The van der Waals surface area contributed by atoms with Crippen LogP contribution in [0.2, 0.25) is 0 Å². The van der Waals surface area contributed by atoms with Gasteiger partial charge in [0.15, 0.2) is 5.13 Å². The van der Waals surface area contributed by atoms with Crippen molar-refractivity contribution in [2.45, 2.75) is 13.5 Å². The average molecular weight is 442 g/mol. The van der Waals surface area contributed by atoms with E-state index in [4.69, 9.17) is 0 Å². The molecular formula is C25H19N3O3S. The molecule has 0 fully saturated rings. The highest BCUT2D eigenvalue weighted by atomic mass is 32.1. The molecule has 5 rings (SSSR count). The van der Waals surface area contributed by atoms with Crippen molar-refractivity contribution in [2.24, 2.45) is 0 Å². The van der Waals surface area contributed by atoms with Crippen LogP contribution in [-0.2, 0) is 6.54 Å². The van der Waals surface area contributed by atoms with E-state index in [0.29, 0.717) is 22.8 Å². The fourth-order valence-corrected chi connectivity index (χ4v) is 4.86. The number of para-hydroxylation sites is 1. The molecule has 0 bridgehead atoms. The van der Waals surface area contributed by atoms with Crippen molar-refractivity contribution in [3.05, 3.63) is 95.1 Å². The van der Waals surface area contributed by atoms with E-state index in [0.717, 1.165) is 15.8 Å². The van der Waals surface area contributed by atoms with Gasteiger partial charge in [0.25, 0.3) is 17.7 Å². The summed E-state index contributed by atoms with van der Waals surface area (Å²) in [5.74, 6) is -0.978. The molecule has 0 radical (unpaired) electrons. The molecule has 1 aliphatic rings.